The quantitative estimate of drug-likeness (QED) is 0.914. The van der Waals surface area contributed by atoms with E-state index in [0.717, 1.165) is 31.6 Å². The first-order valence-corrected chi connectivity index (χ1v) is 6.76. The highest BCUT2D eigenvalue weighted by Crippen LogP contribution is 2.29. The van der Waals surface area contributed by atoms with Crippen molar-refractivity contribution in [3.8, 4) is 11.1 Å². The molecule has 1 fully saturated rings. The lowest BCUT2D eigenvalue weighted by Gasteiger charge is -2.20. The SMILES string of the molecule is Cc1ccc(-c2c(N3CCCC3)cn[nH]c2=O)cc1F. The molecule has 4 nitrogen and oxygen atoms in total. The largest absolute Gasteiger partial charge is 0.370 e. The second-order valence-electron chi connectivity index (χ2n) is 5.12. The van der Waals surface area contributed by atoms with Crippen LogP contribution >= 0.6 is 0 Å². The molecular formula is C15H16FN3O. The van der Waals surface area contributed by atoms with Crippen LogP contribution < -0.4 is 10.5 Å². The summed E-state index contributed by atoms with van der Waals surface area (Å²) in [5.74, 6) is -0.300. The predicted octanol–water partition coefficient (Wildman–Crippen LogP) is 2.48. The third-order valence-electron chi connectivity index (χ3n) is 3.74. The van der Waals surface area contributed by atoms with E-state index in [1.807, 2.05) is 0 Å². The fourth-order valence-corrected chi connectivity index (χ4v) is 2.61. The van der Waals surface area contributed by atoms with Crippen molar-refractivity contribution in [1.82, 2.24) is 10.2 Å². The Balaban J connectivity index is 2.16. The van der Waals surface area contributed by atoms with Gasteiger partial charge in [-0.1, -0.05) is 12.1 Å². The van der Waals surface area contributed by atoms with E-state index >= 15 is 0 Å². The minimum Gasteiger partial charge on any atom is -0.370 e. The Bertz CT molecular complexity index is 690. The summed E-state index contributed by atoms with van der Waals surface area (Å²) in [4.78, 5) is 14.3. The number of anilines is 1. The molecule has 1 aromatic carbocycles. The molecule has 1 aliphatic rings. The Morgan fingerprint density at radius 3 is 2.75 bits per heavy atom. The number of aromatic amines is 1. The monoisotopic (exact) mass is 273 g/mol. The van der Waals surface area contributed by atoms with Crippen LogP contribution in [0.2, 0.25) is 0 Å². The van der Waals surface area contributed by atoms with Gasteiger partial charge in [-0.15, -0.1) is 0 Å². The first kappa shape index (κ1) is 12.8. The minimum absolute atomic E-state index is 0.280. The fraction of sp³-hybridized carbons (Fsp3) is 0.333. The lowest BCUT2D eigenvalue weighted by atomic mass is 10.0. The predicted molar refractivity (Wildman–Crippen MR) is 76.4 cm³/mol. The number of nitrogens with zero attached hydrogens (tertiary/aromatic N) is 2. The molecule has 0 atom stereocenters. The highest BCUT2D eigenvalue weighted by molar-refractivity contribution is 5.77. The Kier molecular flexibility index (Phi) is 3.26. The van der Waals surface area contributed by atoms with Gasteiger partial charge in [0.1, 0.15) is 5.82 Å². The molecule has 0 unspecified atom stereocenters. The lowest BCUT2D eigenvalue weighted by molar-refractivity contribution is 0.619. The molecule has 0 amide bonds. The van der Waals surface area contributed by atoms with Crippen LogP contribution in [0.4, 0.5) is 10.1 Å². The molecule has 0 aliphatic carbocycles. The van der Waals surface area contributed by atoms with Crippen molar-refractivity contribution in [3.05, 3.63) is 46.1 Å². The Hall–Kier alpha value is -2.17. The minimum atomic E-state index is -0.300. The van der Waals surface area contributed by atoms with Crippen molar-refractivity contribution >= 4 is 5.69 Å². The van der Waals surface area contributed by atoms with Gasteiger partial charge in [0.2, 0.25) is 0 Å². The first-order valence-electron chi connectivity index (χ1n) is 6.76. The van der Waals surface area contributed by atoms with Crippen LogP contribution in [-0.2, 0) is 0 Å². The molecule has 0 spiro atoms. The number of aromatic nitrogens is 2. The van der Waals surface area contributed by atoms with E-state index in [1.54, 1.807) is 25.3 Å². The van der Waals surface area contributed by atoms with Crippen LogP contribution in [-0.4, -0.2) is 23.3 Å². The van der Waals surface area contributed by atoms with Gasteiger partial charge in [-0.2, -0.15) is 5.10 Å². The molecule has 20 heavy (non-hydrogen) atoms. The molecular weight excluding hydrogens is 257 g/mol. The van der Waals surface area contributed by atoms with Gasteiger partial charge in [-0.3, -0.25) is 4.79 Å². The standard InChI is InChI=1S/C15H16FN3O/c1-10-4-5-11(8-12(10)16)14-13(9-17-18-15(14)20)19-6-2-3-7-19/h4-5,8-9H,2-3,6-7H2,1H3,(H,18,20). The zero-order valence-electron chi connectivity index (χ0n) is 11.3. The van der Waals surface area contributed by atoms with Crippen LogP contribution in [0.15, 0.2) is 29.2 Å². The number of halogens is 1. The van der Waals surface area contributed by atoms with Gasteiger partial charge in [-0.05, 0) is 37.0 Å². The highest BCUT2D eigenvalue weighted by Gasteiger charge is 2.19. The van der Waals surface area contributed by atoms with Gasteiger partial charge in [-0.25, -0.2) is 9.49 Å². The number of hydrogen-bond donors (Lipinski definition) is 1. The third-order valence-corrected chi connectivity index (χ3v) is 3.74. The second-order valence-corrected chi connectivity index (χ2v) is 5.12. The maximum atomic E-state index is 13.8. The lowest BCUT2D eigenvalue weighted by Crippen LogP contribution is -2.23. The second kappa shape index (κ2) is 5.07. The van der Waals surface area contributed by atoms with E-state index in [-0.39, 0.29) is 11.4 Å². The average Bonchev–Trinajstić information content (AvgIpc) is 2.96. The zero-order chi connectivity index (χ0) is 14.1. The van der Waals surface area contributed by atoms with Crippen molar-refractivity contribution < 1.29 is 4.39 Å². The van der Waals surface area contributed by atoms with Crippen molar-refractivity contribution in [3.63, 3.8) is 0 Å². The van der Waals surface area contributed by atoms with Crippen molar-refractivity contribution in [1.29, 1.82) is 0 Å². The van der Waals surface area contributed by atoms with Crippen LogP contribution in [0, 0.1) is 12.7 Å². The number of aryl methyl sites for hydroxylation is 1. The summed E-state index contributed by atoms with van der Waals surface area (Å²) in [6.07, 6.45) is 3.86. The van der Waals surface area contributed by atoms with Gasteiger partial charge in [0.15, 0.2) is 0 Å². The number of nitrogens with one attached hydrogen (secondary N) is 1. The van der Waals surface area contributed by atoms with Crippen LogP contribution in [0.3, 0.4) is 0 Å². The Morgan fingerprint density at radius 2 is 2.05 bits per heavy atom. The molecule has 3 rings (SSSR count). The van der Waals surface area contributed by atoms with Gasteiger partial charge in [0.25, 0.3) is 5.56 Å². The van der Waals surface area contributed by atoms with Gasteiger partial charge < -0.3 is 4.90 Å². The molecule has 1 aromatic heterocycles. The van der Waals surface area contributed by atoms with Crippen molar-refractivity contribution in [2.45, 2.75) is 19.8 Å². The number of rotatable bonds is 2. The molecule has 0 bridgehead atoms. The Labute approximate surface area is 116 Å². The van der Waals surface area contributed by atoms with E-state index in [1.165, 1.54) is 6.07 Å². The van der Waals surface area contributed by atoms with E-state index < -0.39 is 0 Å². The smallest absolute Gasteiger partial charge is 0.274 e. The fourth-order valence-electron chi connectivity index (χ4n) is 2.61. The number of H-pyrrole nitrogens is 1. The molecule has 0 saturated carbocycles. The number of benzene rings is 1. The van der Waals surface area contributed by atoms with E-state index in [9.17, 15) is 9.18 Å². The van der Waals surface area contributed by atoms with Crippen molar-refractivity contribution in [2.24, 2.45) is 0 Å². The van der Waals surface area contributed by atoms with Crippen LogP contribution in [0.5, 0.6) is 0 Å². The van der Waals surface area contributed by atoms with E-state index in [2.05, 4.69) is 15.1 Å². The summed E-state index contributed by atoms with van der Waals surface area (Å²) < 4.78 is 13.8. The van der Waals surface area contributed by atoms with E-state index in [4.69, 9.17) is 0 Å². The van der Waals surface area contributed by atoms with Gasteiger partial charge >= 0.3 is 0 Å². The first-order chi connectivity index (χ1) is 9.66. The normalized spacial score (nSPS) is 14.8. The van der Waals surface area contributed by atoms with E-state index in [0.29, 0.717) is 16.7 Å². The summed E-state index contributed by atoms with van der Waals surface area (Å²) in [5, 5.41) is 6.32. The van der Waals surface area contributed by atoms with Gasteiger partial charge in [0, 0.05) is 13.1 Å². The summed E-state index contributed by atoms with van der Waals surface area (Å²) >= 11 is 0. The highest BCUT2D eigenvalue weighted by atomic mass is 19.1. The molecule has 0 radical (unpaired) electrons. The van der Waals surface area contributed by atoms with Crippen LogP contribution in [0.25, 0.3) is 11.1 Å². The average molecular weight is 273 g/mol. The van der Waals surface area contributed by atoms with Crippen molar-refractivity contribution in [2.75, 3.05) is 18.0 Å². The molecule has 1 saturated heterocycles. The summed E-state index contributed by atoms with van der Waals surface area (Å²) in [6, 6.07) is 4.89. The zero-order valence-corrected chi connectivity index (χ0v) is 11.3. The summed E-state index contributed by atoms with van der Waals surface area (Å²) in [5.41, 5.74) is 2.17. The number of hydrogen-bond acceptors (Lipinski definition) is 3. The Morgan fingerprint density at radius 1 is 1.30 bits per heavy atom. The summed E-state index contributed by atoms with van der Waals surface area (Å²) in [7, 11) is 0. The molecule has 2 heterocycles. The molecule has 2 aromatic rings. The molecule has 5 heteroatoms. The molecule has 1 N–H and O–H groups in total. The maximum absolute atomic E-state index is 13.8. The molecule has 104 valence electrons. The maximum Gasteiger partial charge on any atom is 0.274 e. The van der Waals surface area contributed by atoms with Gasteiger partial charge in [0.05, 0.1) is 17.4 Å². The topological polar surface area (TPSA) is 49.0 Å². The molecule has 1 aliphatic heterocycles. The van der Waals surface area contributed by atoms with Crippen LogP contribution in [0.1, 0.15) is 18.4 Å². The third kappa shape index (κ3) is 2.19. The summed E-state index contributed by atoms with van der Waals surface area (Å²) in [6.45, 7) is 3.52.